The first kappa shape index (κ1) is 16.0. The van der Waals surface area contributed by atoms with E-state index in [1.807, 2.05) is 24.3 Å². The highest BCUT2D eigenvalue weighted by Gasteiger charge is 2.16. The molecule has 2 heterocycles. The third kappa shape index (κ3) is 3.05. The van der Waals surface area contributed by atoms with Crippen LogP contribution < -0.4 is 5.32 Å². The number of fused-ring (bicyclic) bond motifs is 1. The molecule has 26 heavy (non-hydrogen) atoms. The highest BCUT2D eigenvalue weighted by molar-refractivity contribution is 7.22. The molecule has 2 aromatic heterocycles. The number of aromatic nitrogens is 1. The normalized spacial score (nSPS) is 10.8. The summed E-state index contributed by atoms with van der Waals surface area (Å²) in [4.78, 5) is 27.1. The average Bonchev–Trinajstić information content (AvgIpc) is 3.28. The van der Waals surface area contributed by atoms with Crippen LogP contribution in [0.5, 0.6) is 0 Å². The summed E-state index contributed by atoms with van der Waals surface area (Å²) in [7, 11) is 0. The van der Waals surface area contributed by atoms with Crippen LogP contribution in [0, 0.1) is 10.1 Å². The van der Waals surface area contributed by atoms with E-state index >= 15 is 0 Å². The number of nitrogens with one attached hydrogen (secondary N) is 1. The molecular weight excluding hydrogens is 354 g/mol. The summed E-state index contributed by atoms with van der Waals surface area (Å²) in [6, 6.07) is 16.8. The van der Waals surface area contributed by atoms with E-state index in [-0.39, 0.29) is 11.4 Å². The van der Waals surface area contributed by atoms with Gasteiger partial charge in [-0.05, 0) is 24.3 Å². The van der Waals surface area contributed by atoms with Gasteiger partial charge in [0.15, 0.2) is 10.9 Å². The molecule has 4 rings (SSSR count). The molecule has 1 N–H and O–H groups in total. The van der Waals surface area contributed by atoms with Gasteiger partial charge in [-0.2, -0.15) is 0 Å². The molecule has 0 atom stereocenters. The van der Waals surface area contributed by atoms with E-state index in [1.165, 1.54) is 29.5 Å². The largest absolute Gasteiger partial charge is 0.451 e. The Bertz CT molecular complexity index is 1100. The summed E-state index contributed by atoms with van der Waals surface area (Å²) in [5.74, 6) is 0.0506. The molecule has 0 bridgehead atoms. The molecule has 0 saturated carbocycles. The molecule has 2 aromatic carbocycles. The van der Waals surface area contributed by atoms with Crippen LogP contribution in [-0.2, 0) is 0 Å². The van der Waals surface area contributed by atoms with Gasteiger partial charge in [0.1, 0.15) is 5.76 Å². The van der Waals surface area contributed by atoms with Crippen molar-refractivity contribution < 1.29 is 14.1 Å². The van der Waals surface area contributed by atoms with Crippen LogP contribution in [0.2, 0.25) is 0 Å². The summed E-state index contributed by atoms with van der Waals surface area (Å²) in [5.41, 5.74) is 1.29. The van der Waals surface area contributed by atoms with Crippen molar-refractivity contribution >= 4 is 38.3 Å². The Morgan fingerprint density at radius 2 is 1.96 bits per heavy atom. The van der Waals surface area contributed by atoms with Gasteiger partial charge in [-0.3, -0.25) is 20.2 Å². The number of anilines is 1. The fourth-order valence-corrected chi connectivity index (χ4v) is 3.33. The van der Waals surface area contributed by atoms with Crippen molar-refractivity contribution in [1.82, 2.24) is 4.98 Å². The van der Waals surface area contributed by atoms with Crippen molar-refractivity contribution in [3.8, 4) is 11.3 Å². The molecule has 0 aliphatic rings. The summed E-state index contributed by atoms with van der Waals surface area (Å²) in [5, 5.41) is 14.1. The van der Waals surface area contributed by atoms with Crippen molar-refractivity contribution in [1.29, 1.82) is 0 Å². The van der Waals surface area contributed by atoms with E-state index in [0.29, 0.717) is 16.5 Å². The van der Waals surface area contributed by atoms with E-state index in [0.717, 1.165) is 10.2 Å². The molecule has 1 amide bonds. The Hall–Kier alpha value is -3.52. The Balaban J connectivity index is 1.56. The fourth-order valence-electron chi connectivity index (χ4n) is 2.47. The standard InChI is InChI=1S/C18H11N3O4S/c22-17(20-18-19-13-6-1-2-7-16(13)26-18)15-9-8-14(25-15)11-4-3-5-12(10-11)21(23)24/h1-10H,(H,19,20,22). The van der Waals surface area contributed by atoms with E-state index in [1.54, 1.807) is 18.2 Å². The molecule has 0 fully saturated rings. The van der Waals surface area contributed by atoms with Gasteiger partial charge in [0, 0.05) is 17.7 Å². The minimum absolute atomic E-state index is 0.0422. The van der Waals surface area contributed by atoms with Gasteiger partial charge in [0.25, 0.3) is 11.6 Å². The van der Waals surface area contributed by atoms with Gasteiger partial charge in [-0.15, -0.1) is 0 Å². The number of rotatable bonds is 4. The number of benzene rings is 2. The number of non-ortho nitro benzene ring substituents is 1. The Labute approximate surface area is 151 Å². The predicted octanol–water partition coefficient (Wildman–Crippen LogP) is 4.72. The monoisotopic (exact) mass is 365 g/mol. The van der Waals surface area contributed by atoms with Crippen LogP contribution in [0.1, 0.15) is 10.6 Å². The van der Waals surface area contributed by atoms with Gasteiger partial charge >= 0.3 is 0 Å². The Morgan fingerprint density at radius 3 is 2.77 bits per heavy atom. The number of para-hydroxylation sites is 1. The molecule has 4 aromatic rings. The number of thiazole rings is 1. The van der Waals surface area contributed by atoms with Crippen LogP contribution in [0.15, 0.2) is 65.1 Å². The Morgan fingerprint density at radius 1 is 1.12 bits per heavy atom. The molecule has 7 nitrogen and oxygen atoms in total. The lowest BCUT2D eigenvalue weighted by Gasteiger charge is -1.99. The van der Waals surface area contributed by atoms with Gasteiger partial charge in [0.05, 0.1) is 15.1 Å². The third-order valence-corrected chi connectivity index (χ3v) is 4.64. The number of hydrogen-bond acceptors (Lipinski definition) is 6. The average molecular weight is 365 g/mol. The lowest BCUT2D eigenvalue weighted by atomic mass is 10.1. The minimum Gasteiger partial charge on any atom is -0.451 e. The van der Waals surface area contributed by atoms with Gasteiger partial charge in [0.2, 0.25) is 0 Å². The SMILES string of the molecule is O=C(Nc1nc2ccccc2s1)c1ccc(-c2cccc([N+](=O)[O-])c2)o1. The van der Waals surface area contributed by atoms with Gasteiger partial charge < -0.3 is 4.42 Å². The minimum atomic E-state index is -0.479. The number of carbonyl (C=O) groups excluding carboxylic acids is 1. The molecule has 0 aliphatic heterocycles. The Kier molecular flexibility index (Phi) is 3.94. The van der Waals surface area contributed by atoms with Crippen LogP contribution >= 0.6 is 11.3 Å². The van der Waals surface area contributed by atoms with Crippen molar-refractivity contribution in [3.63, 3.8) is 0 Å². The maximum atomic E-state index is 12.4. The zero-order valence-electron chi connectivity index (χ0n) is 13.2. The highest BCUT2D eigenvalue weighted by atomic mass is 32.1. The van der Waals surface area contributed by atoms with E-state index in [2.05, 4.69) is 10.3 Å². The number of amides is 1. The zero-order chi connectivity index (χ0) is 18.1. The number of nitro groups is 1. The van der Waals surface area contributed by atoms with Crippen LogP contribution in [0.3, 0.4) is 0 Å². The van der Waals surface area contributed by atoms with Crippen LogP contribution in [0.25, 0.3) is 21.5 Å². The van der Waals surface area contributed by atoms with E-state index in [4.69, 9.17) is 4.42 Å². The summed E-state index contributed by atoms with van der Waals surface area (Å²) < 4.78 is 6.53. The molecule has 0 spiro atoms. The second-order valence-electron chi connectivity index (χ2n) is 5.41. The number of carbonyl (C=O) groups is 1. The first-order chi connectivity index (χ1) is 12.6. The van der Waals surface area contributed by atoms with Crippen molar-refractivity contribution in [3.05, 3.63) is 76.5 Å². The maximum Gasteiger partial charge on any atom is 0.293 e. The number of nitro benzene ring substituents is 1. The van der Waals surface area contributed by atoms with Crippen LogP contribution in [0.4, 0.5) is 10.8 Å². The quantitative estimate of drug-likeness (QED) is 0.417. The lowest BCUT2D eigenvalue weighted by molar-refractivity contribution is -0.384. The topological polar surface area (TPSA) is 98.3 Å². The highest BCUT2D eigenvalue weighted by Crippen LogP contribution is 2.28. The first-order valence-corrected chi connectivity index (χ1v) is 8.43. The first-order valence-electron chi connectivity index (χ1n) is 7.62. The van der Waals surface area contributed by atoms with Crippen molar-refractivity contribution in [2.45, 2.75) is 0 Å². The predicted molar refractivity (Wildman–Crippen MR) is 98.4 cm³/mol. The van der Waals surface area contributed by atoms with Gasteiger partial charge in [-0.1, -0.05) is 35.6 Å². The number of nitrogens with zero attached hydrogens (tertiary/aromatic N) is 2. The lowest BCUT2D eigenvalue weighted by Crippen LogP contribution is -2.10. The molecular formula is C18H11N3O4S. The molecule has 8 heteroatoms. The fraction of sp³-hybridized carbons (Fsp3) is 0. The smallest absolute Gasteiger partial charge is 0.293 e. The number of furan rings is 1. The maximum absolute atomic E-state index is 12.4. The van der Waals surface area contributed by atoms with E-state index < -0.39 is 10.8 Å². The number of hydrogen-bond donors (Lipinski definition) is 1. The summed E-state index contributed by atoms with van der Waals surface area (Å²) in [6.45, 7) is 0. The summed E-state index contributed by atoms with van der Waals surface area (Å²) >= 11 is 1.37. The molecule has 0 aliphatic carbocycles. The molecule has 128 valence electrons. The molecule has 0 radical (unpaired) electrons. The van der Waals surface area contributed by atoms with Crippen molar-refractivity contribution in [2.75, 3.05) is 5.32 Å². The second-order valence-corrected chi connectivity index (χ2v) is 6.44. The van der Waals surface area contributed by atoms with Crippen molar-refractivity contribution in [2.24, 2.45) is 0 Å². The second kappa shape index (κ2) is 6.41. The van der Waals surface area contributed by atoms with Gasteiger partial charge in [-0.25, -0.2) is 4.98 Å². The molecule has 0 saturated heterocycles. The zero-order valence-corrected chi connectivity index (χ0v) is 14.0. The van der Waals surface area contributed by atoms with Crippen LogP contribution in [-0.4, -0.2) is 15.8 Å². The third-order valence-electron chi connectivity index (χ3n) is 3.69. The summed E-state index contributed by atoms with van der Waals surface area (Å²) in [6.07, 6.45) is 0. The molecule has 0 unspecified atom stereocenters. The van der Waals surface area contributed by atoms with E-state index in [9.17, 15) is 14.9 Å².